The second-order valence-electron chi connectivity index (χ2n) is 4.72. The van der Waals surface area contributed by atoms with Gasteiger partial charge in [-0.25, -0.2) is 0 Å². The van der Waals surface area contributed by atoms with Gasteiger partial charge in [0, 0.05) is 22.6 Å². The number of benzene rings is 1. The average Bonchev–Trinajstić information content (AvgIpc) is 3.04. The number of nitrogens with one attached hydrogen (secondary N) is 2. The summed E-state index contributed by atoms with van der Waals surface area (Å²) in [5, 5.41) is 2.86. The molecule has 0 radical (unpaired) electrons. The van der Waals surface area contributed by atoms with Gasteiger partial charge in [-0.3, -0.25) is 4.79 Å². The Labute approximate surface area is 117 Å². The Bertz CT molecular complexity index is 698. The standard InChI is InChI=1S/C16H16N2O2/c1-3-10-4-5-11(17-10)8-14-13-9-12(20-2)6-7-15(13)18-16(14)19/h4-9,17H,3H2,1-2H3,(H,18,19). The minimum absolute atomic E-state index is 0.0825. The highest BCUT2D eigenvalue weighted by Gasteiger charge is 2.24. The number of aromatic nitrogens is 1. The van der Waals surface area contributed by atoms with Crippen molar-refractivity contribution in [3.05, 3.63) is 47.3 Å². The maximum Gasteiger partial charge on any atom is 0.256 e. The van der Waals surface area contributed by atoms with E-state index in [2.05, 4.69) is 17.2 Å². The predicted octanol–water partition coefficient (Wildman–Crippen LogP) is 3.08. The highest BCUT2D eigenvalue weighted by atomic mass is 16.5. The van der Waals surface area contributed by atoms with E-state index in [0.717, 1.165) is 34.8 Å². The van der Waals surface area contributed by atoms with Crippen LogP contribution in [0.1, 0.15) is 23.9 Å². The molecule has 3 rings (SSSR count). The number of hydrogen-bond donors (Lipinski definition) is 2. The molecule has 20 heavy (non-hydrogen) atoms. The molecule has 0 saturated heterocycles. The number of aryl methyl sites for hydroxylation is 1. The maximum absolute atomic E-state index is 12.1. The number of carbonyl (C=O) groups excluding carboxylic acids is 1. The van der Waals surface area contributed by atoms with E-state index in [9.17, 15) is 4.79 Å². The van der Waals surface area contributed by atoms with Gasteiger partial charge < -0.3 is 15.0 Å². The predicted molar refractivity (Wildman–Crippen MR) is 79.7 cm³/mol. The minimum Gasteiger partial charge on any atom is -0.497 e. The third kappa shape index (κ3) is 2.09. The summed E-state index contributed by atoms with van der Waals surface area (Å²) < 4.78 is 5.22. The molecule has 0 spiro atoms. The zero-order chi connectivity index (χ0) is 14.1. The lowest BCUT2D eigenvalue weighted by Gasteiger charge is -2.02. The monoisotopic (exact) mass is 268 g/mol. The van der Waals surface area contributed by atoms with E-state index in [0.29, 0.717) is 5.57 Å². The molecule has 1 amide bonds. The summed E-state index contributed by atoms with van der Waals surface area (Å²) >= 11 is 0. The van der Waals surface area contributed by atoms with E-state index in [1.165, 1.54) is 0 Å². The van der Waals surface area contributed by atoms with Crippen molar-refractivity contribution in [1.82, 2.24) is 4.98 Å². The fourth-order valence-electron chi connectivity index (χ4n) is 2.34. The number of H-pyrrole nitrogens is 1. The van der Waals surface area contributed by atoms with Gasteiger partial charge in [-0.2, -0.15) is 0 Å². The first-order valence-corrected chi connectivity index (χ1v) is 6.60. The lowest BCUT2D eigenvalue weighted by molar-refractivity contribution is -0.110. The van der Waals surface area contributed by atoms with E-state index in [1.807, 2.05) is 36.4 Å². The smallest absolute Gasteiger partial charge is 0.256 e. The molecule has 0 fully saturated rings. The van der Waals surface area contributed by atoms with Crippen LogP contribution in [0.4, 0.5) is 5.69 Å². The van der Waals surface area contributed by atoms with Crippen LogP contribution < -0.4 is 10.1 Å². The number of hydrogen-bond acceptors (Lipinski definition) is 2. The number of carbonyl (C=O) groups is 1. The van der Waals surface area contributed by atoms with Crippen molar-refractivity contribution in [1.29, 1.82) is 0 Å². The summed E-state index contributed by atoms with van der Waals surface area (Å²) in [7, 11) is 1.62. The molecule has 102 valence electrons. The molecule has 0 atom stereocenters. The van der Waals surface area contributed by atoms with Crippen LogP contribution in [0, 0.1) is 0 Å². The number of methoxy groups -OCH3 is 1. The van der Waals surface area contributed by atoms with Crippen molar-refractivity contribution in [2.75, 3.05) is 12.4 Å². The van der Waals surface area contributed by atoms with Gasteiger partial charge >= 0.3 is 0 Å². The molecule has 4 nitrogen and oxygen atoms in total. The van der Waals surface area contributed by atoms with Crippen LogP contribution in [-0.2, 0) is 11.2 Å². The Morgan fingerprint density at radius 2 is 2.10 bits per heavy atom. The van der Waals surface area contributed by atoms with Crippen molar-refractivity contribution < 1.29 is 9.53 Å². The van der Waals surface area contributed by atoms with Gasteiger partial charge in [0.2, 0.25) is 0 Å². The molecular weight excluding hydrogens is 252 g/mol. The second kappa shape index (κ2) is 4.89. The topological polar surface area (TPSA) is 54.1 Å². The summed E-state index contributed by atoms with van der Waals surface area (Å²) in [5.41, 5.74) is 4.44. The molecule has 1 aromatic heterocycles. The van der Waals surface area contributed by atoms with Crippen molar-refractivity contribution >= 4 is 23.2 Å². The Hall–Kier alpha value is -2.49. The number of ether oxygens (including phenoxy) is 1. The van der Waals surface area contributed by atoms with Gasteiger partial charge in [-0.1, -0.05) is 6.92 Å². The summed E-state index contributed by atoms with van der Waals surface area (Å²) in [6, 6.07) is 9.59. The third-order valence-electron chi connectivity index (χ3n) is 3.46. The first-order valence-electron chi connectivity index (χ1n) is 6.60. The van der Waals surface area contributed by atoms with Gasteiger partial charge in [-0.05, 0) is 42.8 Å². The van der Waals surface area contributed by atoms with E-state index in [1.54, 1.807) is 7.11 Å². The Balaban J connectivity index is 2.04. The van der Waals surface area contributed by atoms with Crippen LogP contribution >= 0.6 is 0 Å². The normalized spacial score (nSPS) is 15.3. The molecule has 0 saturated carbocycles. The van der Waals surface area contributed by atoms with Crippen LogP contribution in [0.2, 0.25) is 0 Å². The molecule has 1 aromatic carbocycles. The molecule has 0 unspecified atom stereocenters. The average molecular weight is 268 g/mol. The molecule has 1 aliphatic heterocycles. The molecule has 0 bridgehead atoms. The molecule has 1 aliphatic rings. The number of anilines is 1. The van der Waals surface area contributed by atoms with E-state index >= 15 is 0 Å². The minimum atomic E-state index is -0.0825. The molecule has 4 heteroatoms. The van der Waals surface area contributed by atoms with Gasteiger partial charge in [0.1, 0.15) is 5.75 Å². The summed E-state index contributed by atoms with van der Waals surface area (Å²) in [4.78, 5) is 15.4. The highest BCUT2D eigenvalue weighted by Crippen LogP contribution is 2.35. The van der Waals surface area contributed by atoms with Crippen molar-refractivity contribution in [3.63, 3.8) is 0 Å². The van der Waals surface area contributed by atoms with E-state index in [4.69, 9.17) is 4.74 Å². The first kappa shape index (κ1) is 12.5. The SMILES string of the molecule is CCc1ccc(C=C2C(=O)Nc3ccc(OC)cc32)[nH]1. The molecule has 0 aliphatic carbocycles. The Morgan fingerprint density at radius 3 is 2.80 bits per heavy atom. The van der Waals surface area contributed by atoms with Crippen LogP contribution in [0.25, 0.3) is 11.6 Å². The first-order chi connectivity index (χ1) is 9.71. The second-order valence-corrected chi connectivity index (χ2v) is 4.72. The lowest BCUT2D eigenvalue weighted by Crippen LogP contribution is -2.03. The number of fused-ring (bicyclic) bond motifs is 1. The van der Waals surface area contributed by atoms with Crippen LogP contribution in [0.5, 0.6) is 5.75 Å². The molecular formula is C16H16N2O2. The largest absolute Gasteiger partial charge is 0.497 e. The van der Waals surface area contributed by atoms with Gasteiger partial charge in [0.05, 0.1) is 12.7 Å². The van der Waals surface area contributed by atoms with Crippen molar-refractivity contribution in [3.8, 4) is 5.75 Å². The zero-order valence-corrected chi connectivity index (χ0v) is 11.5. The van der Waals surface area contributed by atoms with Crippen molar-refractivity contribution in [2.24, 2.45) is 0 Å². The molecule has 2 N–H and O–H groups in total. The van der Waals surface area contributed by atoms with Crippen LogP contribution in [-0.4, -0.2) is 18.0 Å². The Morgan fingerprint density at radius 1 is 1.25 bits per heavy atom. The van der Waals surface area contributed by atoms with Crippen molar-refractivity contribution in [2.45, 2.75) is 13.3 Å². The van der Waals surface area contributed by atoms with E-state index < -0.39 is 0 Å². The van der Waals surface area contributed by atoms with Gasteiger partial charge in [-0.15, -0.1) is 0 Å². The maximum atomic E-state index is 12.1. The highest BCUT2D eigenvalue weighted by molar-refractivity contribution is 6.34. The van der Waals surface area contributed by atoms with Gasteiger partial charge in [0.25, 0.3) is 5.91 Å². The fraction of sp³-hybridized carbons (Fsp3) is 0.188. The third-order valence-corrected chi connectivity index (χ3v) is 3.46. The Kier molecular flexibility index (Phi) is 3.06. The molecule has 2 aromatic rings. The molecule has 2 heterocycles. The lowest BCUT2D eigenvalue weighted by atomic mass is 10.1. The number of aromatic amines is 1. The van der Waals surface area contributed by atoms with Crippen LogP contribution in [0.15, 0.2) is 30.3 Å². The van der Waals surface area contributed by atoms with Crippen LogP contribution in [0.3, 0.4) is 0 Å². The van der Waals surface area contributed by atoms with Gasteiger partial charge in [0.15, 0.2) is 0 Å². The summed E-state index contributed by atoms with van der Waals surface area (Å²) in [6.07, 6.45) is 2.82. The zero-order valence-electron chi connectivity index (χ0n) is 11.5. The summed E-state index contributed by atoms with van der Waals surface area (Å²) in [6.45, 7) is 2.09. The summed E-state index contributed by atoms with van der Waals surface area (Å²) in [5.74, 6) is 0.660. The number of amides is 1. The quantitative estimate of drug-likeness (QED) is 0.840. The van der Waals surface area contributed by atoms with E-state index in [-0.39, 0.29) is 5.91 Å². The number of rotatable bonds is 3. The fourth-order valence-corrected chi connectivity index (χ4v) is 2.34.